The molecule has 0 spiro atoms. The van der Waals surface area contributed by atoms with Crippen molar-refractivity contribution in [3.63, 3.8) is 0 Å². The number of carbonyl (C=O) groups is 1. The molecule has 0 aliphatic carbocycles. The Morgan fingerprint density at radius 2 is 2.00 bits per heavy atom. The van der Waals surface area contributed by atoms with E-state index in [4.69, 9.17) is 4.98 Å². The van der Waals surface area contributed by atoms with E-state index in [1.54, 1.807) is 10.9 Å². The monoisotopic (exact) mass is 388 g/mol. The Kier molecular flexibility index (Phi) is 4.88. The summed E-state index contributed by atoms with van der Waals surface area (Å²) in [6.45, 7) is 7.23. The van der Waals surface area contributed by atoms with Crippen LogP contribution in [-0.2, 0) is 20.1 Å². The molecular weight excluding hydrogens is 364 g/mol. The molecule has 3 heterocycles. The van der Waals surface area contributed by atoms with Gasteiger partial charge in [-0.1, -0.05) is 18.2 Å². The molecule has 4 rings (SSSR count). The molecule has 1 amide bonds. The molecule has 0 aliphatic rings. The van der Waals surface area contributed by atoms with Gasteiger partial charge in [-0.25, -0.2) is 4.98 Å². The predicted octanol–water partition coefficient (Wildman–Crippen LogP) is 3.40. The highest BCUT2D eigenvalue weighted by Crippen LogP contribution is 2.26. The van der Waals surface area contributed by atoms with E-state index in [2.05, 4.69) is 15.5 Å². The van der Waals surface area contributed by atoms with Gasteiger partial charge in [0.25, 0.3) is 5.91 Å². The van der Waals surface area contributed by atoms with Gasteiger partial charge in [0.15, 0.2) is 0 Å². The van der Waals surface area contributed by atoms with Gasteiger partial charge >= 0.3 is 0 Å². The molecule has 0 fully saturated rings. The molecule has 148 valence electrons. The summed E-state index contributed by atoms with van der Waals surface area (Å²) in [4.78, 5) is 17.9. The number of nitrogens with one attached hydrogen (secondary N) is 1. The number of rotatable bonds is 5. The topological polar surface area (TPSA) is 77.6 Å². The second kappa shape index (κ2) is 7.50. The second-order valence-electron chi connectivity index (χ2n) is 7.12. The summed E-state index contributed by atoms with van der Waals surface area (Å²) >= 11 is 0. The summed E-state index contributed by atoms with van der Waals surface area (Å²) in [5.41, 5.74) is 6.01. The zero-order valence-corrected chi connectivity index (χ0v) is 17.1. The van der Waals surface area contributed by atoms with Crippen molar-refractivity contribution in [1.82, 2.24) is 29.9 Å². The Morgan fingerprint density at radius 3 is 2.69 bits per heavy atom. The summed E-state index contributed by atoms with van der Waals surface area (Å²) < 4.78 is 3.68. The van der Waals surface area contributed by atoms with Gasteiger partial charge in [-0.2, -0.15) is 10.2 Å². The number of aromatic nitrogens is 5. The lowest BCUT2D eigenvalue weighted by Gasteiger charge is -2.10. The molecule has 3 aromatic heterocycles. The number of hydrogen-bond acceptors (Lipinski definition) is 4. The van der Waals surface area contributed by atoms with Crippen LogP contribution in [0.3, 0.4) is 0 Å². The number of carbonyl (C=O) groups excluding carboxylic acids is 1. The van der Waals surface area contributed by atoms with E-state index in [9.17, 15) is 4.79 Å². The maximum atomic E-state index is 13.1. The van der Waals surface area contributed by atoms with Gasteiger partial charge in [0, 0.05) is 48.5 Å². The van der Waals surface area contributed by atoms with Crippen LogP contribution in [0, 0.1) is 13.8 Å². The van der Waals surface area contributed by atoms with Gasteiger partial charge in [0.05, 0.1) is 28.7 Å². The van der Waals surface area contributed by atoms with E-state index in [0.29, 0.717) is 12.1 Å². The largest absolute Gasteiger partial charge is 0.348 e. The van der Waals surface area contributed by atoms with E-state index >= 15 is 0 Å². The number of nitrogens with zero attached hydrogens (tertiary/aromatic N) is 5. The van der Waals surface area contributed by atoms with Gasteiger partial charge in [-0.15, -0.1) is 0 Å². The highest BCUT2D eigenvalue weighted by molar-refractivity contribution is 6.07. The SMILES string of the molecule is CCn1cc(CNC(=O)c2cc(-c3cnn(C)c3C)nc3ccccc23)c(C)n1. The first-order valence-electron chi connectivity index (χ1n) is 9.67. The van der Waals surface area contributed by atoms with E-state index in [0.717, 1.165) is 45.7 Å². The van der Waals surface area contributed by atoms with Crippen molar-refractivity contribution >= 4 is 16.8 Å². The summed E-state index contributed by atoms with van der Waals surface area (Å²) in [5.74, 6) is -0.130. The molecule has 29 heavy (non-hydrogen) atoms. The molecule has 0 radical (unpaired) electrons. The number of amides is 1. The first kappa shape index (κ1) is 18.9. The van der Waals surface area contributed by atoms with E-state index < -0.39 is 0 Å². The molecule has 0 aliphatic heterocycles. The van der Waals surface area contributed by atoms with Crippen LogP contribution < -0.4 is 5.32 Å². The fourth-order valence-electron chi connectivity index (χ4n) is 3.42. The molecule has 7 nitrogen and oxygen atoms in total. The number of para-hydroxylation sites is 1. The third-order valence-electron chi connectivity index (χ3n) is 5.28. The summed E-state index contributed by atoms with van der Waals surface area (Å²) in [6, 6.07) is 9.56. The minimum Gasteiger partial charge on any atom is -0.348 e. The standard InChI is InChI=1S/C22H24N6O/c1-5-28-13-16(14(2)26-28)11-23-22(29)18-10-21(19-12-24-27(4)15(19)3)25-20-9-7-6-8-17(18)20/h6-10,12-13H,5,11H2,1-4H3,(H,23,29). The van der Waals surface area contributed by atoms with Crippen molar-refractivity contribution in [3.05, 3.63) is 65.2 Å². The predicted molar refractivity (Wildman–Crippen MR) is 112 cm³/mol. The molecular formula is C22H24N6O. The lowest BCUT2D eigenvalue weighted by molar-refractivity contribution is 0.0952. The Labute approximate surface area is 169 Å². The van der Waals surface area contributed by atoms with Crippen molar-refractivity contribution in [1.29, 1.82) is 0 Å². The average Bonchev–Trinajstić information content (AvgIpc) is 3.27. The van der Waals surface area contributed by atoms with Crippen LogP contribution in [-0.4, -0.2) is 30.5 Å². The number of pyridine rings is 1. The van der Waals surface area contributed by atoms with Gasteiger partial charge in [-0.3, -0.25) is 14.2 Å². The van der Waals surface area contributed by atoms with Crippen molar-refractivity contribution in [2.75, 3.05) is 0 Å². The van der Waals surface area contributed by atoms with Crippen LogP contribution in [0.5, 0.6) is 0 Å². The highest BCUT2D eigenvalue weighted by atomic mass is 16.1. The minimum absolute atomic E-state index is 0.130. The zero-order valence-electron chi connectivity index (χ0n) is 17.1. The van der Waals surface area contributed by atoms with Crippen LogP contribution in [0.4, 0.5) is 0 Å². The van der Waals surface area contributed by atoms with Crippen molar-refractivity contribution in [2.24, 2.45) is 7.05 Å². The second-order valence-corrected chi connectivity index (χ2v) is 7.12. The number of benzene rings is 1. The molecule has 0 atom stereocenters. The Bertz CT molecular complexity index is 1200. The fraction of sp³-hybridized carbons (Fsp3) is 0.273. The van der Waals surface area contributed by atoms with Gasteiger partial charge in [0.2, 0.25) is 0 Å². The Morgan fingerprint density at radius 1 is 1.21 bits per heavy atom. The quantitative estimate of drug-likeness (QED) is 0.568. The molecule has 7 heteroatoms. The van der Waals surface area contributed by atoms with Gasteiger partial charge in [0.1, 0.15) is 0 Å². The number of fused-ring (bicyclic) bond motifs is 1. The maximum absolute atomic E-state index is 13.1. The molecule has 0 saturated heterocycles. The smallest absolute Gasteiger partial charge is 0.252 e. The molecule has 4 aromatic rings. The molecule has 0 bridgehead atoms. The van der Waals surface area contributed by atoms with Crippen LogP contribution >= 0.6 is 0 Å². The molecule has 1 aromatic carbocycles. The fourth-order valence-corrected chi connectivity index (χ4v) is 3.42. The van der Waals surface area contributed by atoms with Crippen LogP contribution in [0.2, 0.25) is 0 Å². The lowest BCUT2D eigenvalue weighted by atomic mass is 10.0. The van der Waals surface area contributed by atoms with E-state index in [1.165, 1.54) is 0 Å². The van der Waals surface area contributed by atoms with E-state index in [1.807, 2.05) is 69.0 Å². The lowest BCUT2D eigenvalue weighted by Crippen LogP contribution is -2.23. The number of aryl methyl sites for hydroxylation is 3. The van der Waals surface area contributed by atoms with Crippen molar-refractivity contribution in [3.8, 4) is 11.3 Å². The maximum Gasteiger partial charge on any atom is 0.252 e. The molecule has 0 saturated carbocycles. The third kappa shape index (κ3) is 3.51. The average molecular weight is 388 g/mol. The first-order chi connectivity index (χ1) is 14.0. The zero-order chi connectivity index (χ0) is 20.5. The first-order valence-corrected chi connectivity index (χ1v) is 9.67. The third-order valence-corrected chi connectivity index (χ3v) is 5.28. The van der Waals surface area contributed by atoms with Crippen molar-refractivity contribution in [2.45, 2.75) is 33.9 Å². The molecule has 1 N–H and O–H groups in total. The summed E-state index contributed by atoms with van der Waals surface area (Å²) in [5, 5.41) is 12.6. The van der Waals surface area contributed by atoms with Crippen molar-refractivity contribution < 1.29 is 4.79 Å². The van der Waals surface area contributed by atoms with Crippen LogP contribution in [0.15, 0.2) is 42.7 Å². The Balaban J connectivity index is 1.70. The van der Waals surface area contributed by atoms with Crippen LogP contribution in [0.1, 0.15) is 34.2 Å². The normalized spacial score (nSPS) is 11.2. The number of hydrogen-bond donors (Lipinski definition) is 1. The minimum atomic E-state index is -0.130. The highest BCUT2D eigenvalue weighted by Gasteiger charge is 2.16. The van der Waals surface area contributed by atoms with Gasteiger partial charge < -0.3 is 5.32 Å². The van der Waals surface area contributed by atoms with Gasteiger partial charge in [-0.05, 0) is 32.9 Å². The van der Waals surface area contributed by atoms with E-state index in [-0.39, 0.29) is 5.91 Å². The summed E-state index contributed by atoms with van der Waals surface area (Å²) in [7, 11) is 1.90. The molecule has 0 unspecified atom stereocenters. The Hall–Kier alpha value is -3.48. The van der Waals surface area contributed by atoms with Crippen LogP contribution in [0.25, 0.3) is 22.2 Å². The summed E-state index contributed by atoms with van der Waals surface area (Å²) in [6.07, 6.45) is 3.77.